The fourth-order valence-corrected chi connectivity index (χ4v) is 6.25. The highest BCUT2D eigenvalue weighted by molar-refractivity contribution is 6.31. The van der Waals surface area contributed by atoms with E-state index in [0.717, 1.165) is 49.7 Å². The standard InChI is InChI=1S/C25H35ClN4O/c1-18-16-25(13-14-29(18)17-19-7-5-8-19)23(27-21-10-3-2-4-11-21)28-24(31)30(25)22-12-6-9-20(26)15-22/h6,9,12,15,18-19,21H,2-5,7-8,10-11,13-14,16-17H2,1H3,(H,27,28,31)/t18-,25?/m0/s1. The van der Waals surface area contributed by atoms with E-state index >= 15 is 0 Å². The van der Waals surface area contributed by atoms with Crippen molar-refractivity contribution in [1.29, 1.82) is 0 Å². The molecule has 1 aromatic rings. The van der Waals surface area contributed by atoms with E-state index in [4.69, 9.17) is 16.6 Å². The molecule has 2 heterocycles. The van der Waals surface area contributed by atoms with Gasteiger partial charge in [-0.3, -0.25) is 15.2 Å². The second kappa shape index (κ2) is 8.74. The topological polar surface area (TPSA) is 47.9 Å². The average molecular weight is 443 g/mol. The molecule has 168 valence electrons. The summed E-state index contributed by atoms with van der Waals surface area (Å²) >= 11 is 6.33. The van der Waals surface area contributed by atoms with Crippen LogP contribution in [-0.4, -0.2) is 47.5 Å². The molecule has 2 aliphatic heterocycles. The molecule has 2 aliphatic carbocycles. The summed E-state index contributed by atoms with van der Waals surface area (Å²) in [5.74, 6) is 1.76. The zero-order valence-corrected chi connectivity index (χ0v) is 19.4. The van der Waals surface area contributed by atoms with Crippen LogP contribution in [0.25, 0.3) is 0 Å². The van der Waals surface area contributed by atoms with Crippen LogP contribution in [0.3, 0.4) is 0 Å². The molecule has 2 saturated heterocycles. The monoisotopic (exact) mass is 442 g/mol. The number of benzene rings is 1. The molecular weight excluding hydrogens is 408 g/mol. The summed E-state index contributed by atoms with van der Waals surface area (Å²) in [7, 11) is 0. The maximum Gasteiger partial charge on any atom is 0.328 e. The molecule has 1 spiro atoms. The van der Waals surface area contributed by atoms with Crippen molar-refractivity contribution < 1.29 is 4.79 Å². The van der Waals surface area contributed by atoms with Gasteiger partial charge >= 0.3 is 6.03 Å². The van der Waals surface area contributed by atoms with Crippen molar-refractivity contribution in [1.82, 2.24) is 10.2 Å². The summed E-state index contributed by atoms with van der Waals surface area (Å²) in [6, 6.07) is 8.41. The Morgan fingerprint density at radius 1 is 1.16 bits per heavy atom. The molecule has 0 bridgehead atoms. The van der Waals surface area contributed by atoms with Crippen LogP contribution < -0.4 is 10.2 Å². The molecule has 5 rings (SSSR count). The smallest absolute Gasteiger partial charge is 0.300 e. The van der Waals surface area contributed by atoms with E-state index in [1.54, 1.807) is 0 Å². The van der Waals surface area contributed by atoms with Crippen LogP contribution in [-0.2, 0) is 0 Å². The predicted octanol–water partition coefficient (Wildman–Crippen LogP) is 5.62. The minimum absolute atomic E-state index is 0.0588. The fraction of sp³-hybridized carbons (Fsp3) is 0.680. The Morgan fingerprint density at radius 3 is 2.65 bits per heavy atom. The van der Waals surface area contributed by atoms with E-state index in [1.807, 2.05) is 29.2 Å². The van der Waals surface area contributed by atoms with Crippen LogP contribution in [0, 0.1) is 5.92 Å². The number of likely N-dealkylation sites (tertiary alicyclic amines) is 1. The maximum atomic E-state index is 13.3. The number of hydrogen-bond donors (Lipinski definition) is 1. The van der Waals surface area contributed by atoms with Crippen molar-refractivity contribution in [3.63, 3.8) is 0 Å². The molecule has 0 aromatic heterocycles. The third kappa shape index (κ3) is 4.11. The highest BCUT2D eigenvalue weighted by Crippen LogP contribution is 2.42. The number of carbonyl (C=O) groups excluding carboxylic acids is 1. The van der Waals surface area contributed by atoms with Crippen LogP contribution in [0.4, 0.5) is 10.5 Å². The third-order valence-electron chi connectivity index (χ3n) is 8.04. The molecule has 0 radical (unpaired) electrons. The lowest BCUT2D eigenvalue weighted by Crippen LogP contribution is -2.60. The molecule has 1 N–H and O–H groups in total. The van der Waals surface area contributed by atoms with Crippen LogP contribution in [0.5, 0.6) is 0 Å². The molecule has 31 heavy (non-hydrogen) atoms. The van der Waals surface area contributed by atoms with E-state index in [-0.39, 0.29) is 6.03 Å². The number of halogens is 1. The number of nitrogens with zero attached hydrogens (tertiary/aromatic N) is 3. The lowest BCUT2D eigenvalue weighted by atomic mass is 9.79. The van der Waals surface area contributed by atoms with Crippen molar-refractivity contribution in [2.45, 2.75) is 88.8 Å². The zero-order chi connectivity index (χ0) is 21.4. The Hall–Kier alpha value is -1.59. The van der Waals surface area contributed by atoms with E-state index < -0.39 is 5.54 Å². The Kier molecular flexibility index (Phi) is 6.00. The number of hydrogen-bond acceptors (Lipinski definition) is 3. The number of carbonyl (C=O) groups is 1. The van der Waals surface area contributed by atoms with Gasteiger partial charge in [-0.15, -0.1) is 0 Å². The second-order valence-electron chi connectivity index (χ2n) is 10.1. The Labute approximate surface area is 191 Å². The van der Waals surface area contributed by atoms with E-state index in [1.165, 1.54) is 45.1 Å². The lowest BCUT2D eigenvalue weighted by molar-refractivity contribution is 0.0907. The summed E-state index contributed by atoms with van der Waals surface area (Å²) in [6.07, 6.45) is 12.0. The first-order valence-electron chi connectivity index (χ1n) is 12.2. The first-order chi connectivity index (χ1) is 15.0. The molecular formula is C25H35ClN4O. The number of rotatable bonds is 4. The zero-order valence-electron chi connectivity index (χ0n) is 18.7. The van der Waals surface area contributed by atoms with Gasteiger partial charge in [-0.2, -0.15) is 0 Å². The van der Waals surface area contributed by atoms with Crippen LogP contribution in [0.2, 0.25) is 5.02 Å². The van der Waals surface area contributed by atoms with Crippen molar-refractivity contribution in [3.8, 4) is 0 Å². The van der Waals surface area contributed by atoms with Crippen molar-refractivity contribution in [2.75, 3.05) is 18.0 Å². The molecule has 5 nitrogen and oxygen atoms in total. The average Bonchev–Trinajstić information content (AvgIpc) is 2.97. The summed E-state index contributed by atoms with van der Waals surface area (Å²) in [5, 5.41) is 3.86. The summed E-state index contributed by atoms with van der Waals surface area (Å²) in [6.45, 7) is 4.54. The first-order valence-corrected chi connectivity index (χ1v) is 12.6. The number of amidine groups is 1. The van der Waals surface area contributed by atoms with Crippen LogP contribution in [0.15, 0.2) is 29.3 Å². The number of nitrogens with one attached hydrogen (secondary N) is 1. The van der Waals surface area contributed by atoms with Gasteiger partial charge in [0.1, 0.15) is 11.4 Å². The number of amides is 2. The van der Waals surface area contributed by atoms with Gasteiger partial charge < -0.3 is 4.90 Å². The van der Waals surface area contributed by atoms with E-state index in [9.17, 15) is 4.79 Å². The Morgan fingerprint density at radius 2 is 1.97 bits per heavy atom. The molecule has 4 aliphatic rings. The SMILES string of the molecule is C[C@H]1CC2(CCN1CC1CCC1)C(=NC1CCCCC1)NC(=O)N2c1cccc(Cl)c1. The Balaban J connectivity index is 1.47. The highest BCUT2D eigenvalue weighted by Gasteiger charge is 2.54. The van der Waals surface area contributed by atoms with Gasteiger partial charge in [0.15, 0.2) is 0 Å². The summed E-state index contributed by atoms with van der Waals surface area (Å²) in [5.41, 5.74) is 0.479. The fourth-order valence-electron chi connectivity index (χ4n) is 6.06. The maximum absolute atomic E-state index is 13.3. The second-order valence-corrected chi connectivity index (χ2v) is 10.6. The minimum atomic E-state index is -0.394. The third-order valence-corrected chi connectivity index (χ3v) is 8.27. The molecule has 1 aromatic carbocycles. The molecule has 2 atom stereocenters. The molecule has 4 fully saturated rings. The van der Waals surface area contributed by atoms with Crippen molar-refractivity contribution >= 4 is 29.2 Å². The Bertz CT molecular complexity index is 848. The molecule has 1 unspecified atom stereocenters. The molecule has 2 saturated carbocycles. The predicted molar refractivity (Wildman–Crippen MR) is 127 cm³/mol. The van der Waals surface area contributed by atoms with Gasteiger partial charge in [0.2, 0.25) is 0 Å². The van der Waals surface area contributed by atoms with Gasteiger partial charge in [-0.25, -0.2) is 4.79 Å². The largest absolute Gasteiger partial charge is 0.328 e. The lowest BCUT2D eigenvalue weighted by Gasteiger charge is -2.48. The number of urea groups is 1. The van der Waals surface area contributed by atoms with Gasteiger partial charge in [0.25, 0.3) is 0 Å². The summed E-state index contributed by atoms with van der Waals surface area (Å²) in [4.78, 5) is 23.1. The molecule has 6 heteroatoms. The van der Waals surface area contributed by atoms with Gasteiger partial charge in [0.05, 0.1) is 6.04 Å². The number of piperidine rings is 1. The first kappa shape index (κ1) is 21.3. The van der Waals surface area contributed by atoms with Gasteiger partial charge in [-0.05, 0) is 69.6 Å². The quantitative estimate of drug-likeness (QED) is 0.657. The van der Waals surface area contributed by atoms with Gasteiger partial charge in [0, 0.05) is 29.8 Å². The summed E-state index contributed by atoms with van der Waals surface area (Å²) < 4.78 is 0. The van der Waals surface area contributed by atoms with Crippen molar-refractivity contribution in [2.24, 2.45) is 10.9 Å². The van der Waals surface area contributed by atoms with Crippen LogP contribution in [0.1, 0.15) is 71.1 Å². The number of aliphatic imine (C=N–C) groups is 1. The highest BCUT2D eigenvalue weighted by atomic mass is 35.5. The van der Waals surface area contributed by atoms with Crippen molar-refractivity contribution in [3.05, 3.63) is 29.3 Å². The van der Waals surface area contributed by atoms with E-state index in [2.05, 4.69) is 17.1 Å². The minimum Gasteiger partial charge on any atom is -0.300 e. The number of anilines is 1. The normalized spacial score (nSPS) is 31.9. The van der Waals surface area contributed by atoms with E-state index in [0.29, 0.717) is 17.1 Å². The van der Waals surface area contributed by atoms with Gasteiger partial charge in [-0.1, -0.05) is 43.4 Å². The molecule has 2 amide bonds. The van der Waals surface area contributed by atoms with Crippen LogP contribution >= 0.6 is 11.6 Å².